The number of carbonyl (C=O) groups is 2. The van der Waals surface area contributed by atoms with Gasteiger partial charge in [-0.3, -0.25) is 9.52 Å². The third-order valence-corrected chi connectivity index (χ3v) is 8.04. The van der Waals surface area contributed by atoms with Crippen LogP contribution in [-0.2, 0) is 31.0 Å². The van der Waals surface area contributed by atoms with Crippen LogP contribution in [0.25, 0.3) is 0 Å². The van der Waals surface area contributed by atoms with Gasteiger partial charge in [-0.25, -0.2) is 13.2 Å². The van der Waals surface area contributed by atoms with E-state index in [1.165, 1.54) is 6.07 Å². The highest BCUT2D eigenvalue weighted by atomic mass is 32.2. The topological polar surface area (TPSA) is 131 Å². The molecule has 1 aliphatic heterocycles. The van der Waals surface area contributed by atoms with E-state index in [1.54, 1.807) is 56.5 Å². The van der Waals surface area contributed by atoms with E-state index in [0.717, 1.165) is 17.5 Å². The number of phenolic OH excluding ortho intramolecular Hbond substituents is 1. The molecule has 0 spiro atoms. The van der Waals surface area contributed by atoms with Crippen LogP contribution in [0.15, 0.2) is 95.3 Å². The first-order valence-corrected chi connectivity index (χ1v) is 15.3. The number of rotatable bonds is 8. The van der Waals surface area contributed by atoms with Gasteiger partial charge in [-0.15, -0.1) is 0 Å². The van der Waals surface area contributed by atoms with Crippen molar-refractivity contribution < 1.29 is 32.6 Å². The Hall–Kier alpha value is -4.57. The summed E-state index contributed by atoms with van der Waals surface area (Å²) in [4.78, 5) is 27.5. The van der Waals surface area contributed by atoms with E-state index in [2.05, 4.69) is 10.0 Å². The molecule has 0 radical (unpaired) electrons. The molecule has 2 atom stereocenters. The van der Waals surface area contributed by atoms with E-state index in [4.69, 9.17) is 9.47 Å². The minimum atomic E-state index is -3.47. The number of hydrogen-bond donors (Lipinski definition) is 3. The highest BCUT2D eigenvalue weighted by Crippen LogP contribution is 2.47. The number of para-hydroxylation sites is 1. The van der Waals surface area contributed by atoms with Crippen LogP contribution >= 0.6 is 0 Å². The average molecular weight is 589 g/mol. The van der Waals surface area contributed by atoms with Crippen LogP contribution in [0.1, 0.15) is 48.3 Å². The third kappa shape index (κ3) is 6.18. The number of aromatic hydroxyl groups is 1. The molecule has 0 saturated carbocycles. The zero-order chi connectivity index (χ0) is 30.0. The van der Waals surface area contributed by atoms with Crippen LogP contribution in [0.2, 0.25) is 0 Å². The van der Waals surface area contributed by atoms with Gasteiger partial charge >= 0.3 is 5.97 Å². The molecule has 9 nitrogen and oxygen atoms in total. The number of sulfonamides is 1. The smallest absolute Gasteiger partial charge is 0.337 e. The van der Waals surface area contributed by atoms with Crippen molar-refractivity contribution in [1.82, 2.24) is 5.32 Å². The standard InChI is InChI=1S/C32H32N2O7S/c1-19-29(32(37)41-18-20-8-6-10-23(14-20)34-42(3,38)39)30(21-9-7-11-24(35)15-21)31-26(33-19)16-22(17-27(31)36)25-12-4-5-13-28(25)40-2/h4-15,22,30,33-35H,16-18H2,1-3H3. The lowest BCUT2D eigenvalue weighted by atomic mass is 9.71. The van der Waals surface area contributed by atoms with Crippen molar-refractivity contribution in [1.29, 1.82) is 0 Å². The molecule has 10 heteroatoms. The molecule has 42 heavy (non-hydrogen) atoms. The summed E-state index contributed by atoms with van der Waals surface area (Å²) in [5.41, 5.74) is 4.50. The highest BCUT2D eigenvalue weighted by Gasteiger charge is 2.42. The van der Waals surface area contributed by atoms with Crippen molar-refractivity contribution in [2.45, 2.75) is 38.2 Å². The molecule has 0 amide bonds. The predicted octanol–water partition coefficient (Wildman–Crippen LogP) is 4.88. The van der Waals surface area contributed by atoms with E-state index in [1.807, 2.05) is 24.3 Å². The number of carbonyl (C=O) groups excluding carboxylic acids is 2. The summed E-state index contributed by atoms with van der Waals surface area (Å²) >= 11 is 0. The van der Waals surface area contributed by atoms with E-state index in [9.17, 15) is 23.1 Å². The van der Waals surface area contributed by atoms with E-state index in [-0.39, 0.29) is 36.1 Å². The molecular formula is C32H32N2O7S. The first-order chi connectivity index (χ1) is 20.0. The number of ether oxygens (including phenoxy) is 2. The lowest BCUT2D eigenvalue weighted by Crippen LogP contribution is -2.36. The highest BCUT2D eigenvalue weighted by molar-refractivity contribution is 7.92. The molecule has 1 aliphatic carbocycles. The minimum Gasteiger partial charge on any atom is -0.508 e. The molecule has 0 aromatic heterocycles. The van der Waals surface area contributed by atoms with Crippen LogP contribution in [-0.4, -0.2) is 38.6 Å². The number of benzene rings is 3. The fourth-order valence-electron chi connectivity index (χ4n) is 5.74. The number of ketones is 1. The second kappa shape index (κ2) is 11.7. The fraction of sp³-hybridized carbons (Fsp3) is 0.250. The first-order valence-electron chi connectivity index (χ1n) is 13.4. The number of allylic oxidation sites excluding steroid dienone is 3. The third-order valence-electron chi connectivity index (χ3n) is 7.43. The average Bonchev–Trinajstić information content (AvgIpc) is 2.94. The summed E-state index contributed by atoms with van der Waals surface area (Å²) in [7, 11) is -1.87. The lowest BCUT2D eigenvalue weighted by molar-refractivity contribution is -0.140. The number of dihydropyridines is 1. The largest absolute Gasteiger partial charge is 0.508 e. The summed E-state index contributed by atoms with van der Waals surface area (Å²) in [6.45, 7) is 1.65. The SMILES string of the molecule is COc1ccccc1C1CC(=O)C2=C(C1)NC(C)=C(C(=O)OCc1cccc(NS(C)(=O)=O)c1)C2c1cccc(O)c1. The molecule has 2 unspecified atom stereocenters. The minimum absolute atomic E-state index is 0.0175. The van der Waals surface area contributed by atoms with Gasteiger partial charge in [0.1, 0.15) is 18.1 Å². The molecule has 0 bridgehead atoms. The van der Waals surface area contributed by atoms with Gasteiger partial charge in [0.2, 0.25) is 10.0 Å². The number of nitrogens with one attached hydrogen (secondary N) is 2. The first kappa shape index (κ1) is 28.9. The van der Waals surface area contributed by atoms with Gasteiger partial charge in [0.05, 0.1) is 18.9 Å². The monoisotopic (exact) mass is 588 g/mol. The van der Waals surface area contributed by atoms with Gasteiger partial charge in [-0.1, -0.05) is 42.5 Å². The van der Waals surface area contributed by atoms with E-state index >= 15 is 0 Å². The predicted molar refractivity (Wildman–Crippen MR) is 158 cm³/mol. The molecule has 1 heterocycles. The molecule has 218 valence electrons. The van der Waals surface area contributed by atoms with Crippen molar-refractivity contribution in [3.63, 3.8) is 0 Å². The molecule has 3 aromatic carbocycles. The summed E-state index contributed by atoms with van der Waals surface area (Å²) in [6.07, 6.45) is 1.83. The summed E-state index contributed by atoms with van der Waals surface area (Å²) in [6, 6.07) is 20.8. The number of hydrogen-bond acceptors (Lipinski definition) is 8. The van der Waals surface area contributed by atoms with Crippen LogP contribution in [0, 0.1) is 0 Å². The Kier molecular flexibility index (Phi) is 8.08. The summed E-state index contributed by atoms with van der Waals surface area (Å²) in [5.74, 6) is -0.855. The quantitative estimate of drug-likeness (QED) is 0.318. The number of phenols is 1. The van der Waals surface area contributed by atoms with Gasteiger partial charge in [-0.05, 0) is 60.4 Å². The maximum absolute atomic E-state index is 13.9. The Labute approximate surface area is 244 Å². The zero-order valence-electron chi connectivity index (χ0n) is 23.5. The van der Waals surface area contributed by atoms with Crippen molar-refractivity contribution >= 4 is 27.5 Å². The molecule has 3 N–H and O–H groups in total. The number of Topliss-reactive ketones (excluding diaryl/α,β-unsaturated/α-hetero) is 1. The van der Waals surface area contributed by atoms with Gasteiger partial charge in [0, 0.05) is 40.9 Å². The number of anilines is 1. The van der Waals surface area contributed by atoms with Gasteiger partial charge in [0.25, 0.3) is 0 Å². The number of methoxy groups -OCH3 is 1. The Balaban J connectivity index is 1.47. The second-order valence-corrected chi connectivity index (χ2v) is 12.3. The molecule has 0 saturated heterocycles. The lowest BCUT2D eigenvalue weighted by Gasteiger charge is -2.37. The fourth-order valence-corrected chi connectivity index (χ4v) is 6.29. The summed E-state index contributed by atoms with van der Waals surface area (Å²) < 4.78 is 36.9. The van der Waals surface area contributed by atoms with Crippen molar-refractivity contribution in [3.8, 4) is 11.5 Å². The maximum atomic E-state index is 13.9. The number of esters is 1. The zero-order valence-corrected chi connectivity index (χ0v) is 24.3. The Morgan fingerprint density at radius 3 is 2.55 bits per heavy atom. The van der Waals surface area contributed by atoms with Crippen molar-refractivity contribution in [2.75, 3.05) is 18.1 Å². The van der Waals surface area contributed by atoms with Crippen molar-refractivity contribution in [2.24, 2.45) is 0 Å². The van der Waals surface area contributed by atoms with Crippen LogP contribution in [0.5, 0.6) is 11.5 Å². The Morgan fingerprint density at radius 2 is 1.81 bits per heavy atom. The normalized spacial score (nSPS) is 18.7. The van der Waals surface area contributed by atoms with Crippen LogP contribution in [0.3, 0.4) is 0 Å². The van der Waals surface area contributed by atoms with Gasteiger partial charge in [0.15, 0.2) is 5.78 Å². The molecular weight excluding hydrogens is 556 g/mol. The second-order valence-electron chi connectivity index (χ2n) is 10.5. The maximum Gasteiger partial charge on any atom is 0.337 e. The van der Waals surface area contributed by atoms with Crippen molar-refractivity contribution in [3.05, 3.63) is 112 Å². The summed E-state index contributed by atoms with van der Waals surface area (Å²) in [5, 5.41) is 13.6. The molecule has 3 aromatic rings. The molecule has 0 fully saturated rings. The van der Waals surface area contributed by atoms with Crippen LogP contribution in [0.4, 0.5) is 5.69 Å². The molecule has 5 rings (SSSR count). The van der Waals surface area contributed by atoms with Gasteiger partial charge in [-0.2, -0.15) is 0 Å². The van der Waals surface area contributed by atoms with Crippen LogP contribution < -0.4 is 14.8 Å². The van der Waals surface area contributed by atoms with E-state index in [0.29, 0.717) is 40.3 Å². The molecule has 2 aliphatic rings. The Morgan fingerprint density at radius 1 is 1.05 bits per heavy atom. The Bertz CT molecular complexity index is 1730. The van der Waals surface area contributed by atoms with E-state index < -0.39 is 21.9 Å². The van der Waals surface area contributed by atoms with Gasteiger partial charge < -0.3 is 19.9 Å².